The molecule has 6 heteroatoms. The second-order valence-corrected chi connectivity index (χ2v) is 10.1. The van der Waals surface area contributed by atoms with Crippen LogP contribution in [0.25, 0.3) is 61.7 Å². The van der Waals surface area contributed by atoms with Gasteiger partial charge in [0.15, 0.2) is 29.0 Å². The predicted octanol–water partition coefficient (Wildman–Crippen LogP) is 7.97. The number of benzene rings is 5. The number of hydrogen-bond acceptors (Lipinski definition) is 5. The Morgan fingerprint density at radius 2 is 1.18 bits per heavy atom. The van der Waals surface area contributed by atoms with E-state index in [4.69, 9.17) is 24.4 Å². The first-order valence-electron chi connectivity index (χ1n) is 13.2. The molecule has 9 rings (SSSR count). The van der Waals surface area contributed by atoms with Crippen LogP contribution in [-0.4, -0.2) is 19.5 Å². The maximum atomic E-state index is 6.56. The van der Waals surface area contributed by atoms with Crippen LogP contribution in [0.3, 0.4) is 0 Å². The molecule has 2 aliphatic heterocycles. The monoisotopic (exact) mass is 516 g/mol. The van der Waals surface area contributed by atoms with Gasteiger partial charge in [0, 0.05) is 33.0 Å². The van der Waals surface area contributed by atoms with E-state index in [1.165, 1.54) is 0 Å². The van der Waals surface area contributed by atoms with Gasteiger partial charge in [0.05, 0.1) is 11.0 Å². The van der Waals surface area contributed by atoms with Crippen LogP contribution in [-0.2, 0) is 6.61 Å². The first-order chi connectivity index (χ1) is 19.8. The van der Waals surface area contributed by atoms with Crippen LogP contribution < -0.4 is 9.47 Å². The molecule has 0 atom stereocenters. The van der Waals surface area contributed by atoms with Gasteiger partial charge in [-0.15, -0.1) is 0 Å². The number of ether oxygens (including phenoxy) is 2. The summed E-state index contributed by atoms with van der Waals surface area (Å²) < 4.78 is 15.1. The minimum atomic E-state index is 0.501. The summed E-state index contributed by atoms with van der Waals surface area (Å²) in [6, 6.07) is 36.7. The normalized spacial score (nSPS) is 12.8. The van der Waals surface area contributed by atoms with E-state index in [1.807, 2.05) is 84.9 Å². The first-order valence-corrected chi connectivity index (χ1v) is 13.2. The van der Waals surface area contributed by atoms with Gasteiger partial charge in [0.2, 0.25) is 0 Å². The maximum Gasteiger partial charge on any atom is 0.164 e. The van der Waals surface area contributed by atoms with Gasteiger partial charge in [-0.3, -0.25) is 4.57 Å². The molecule has 188 valence electrons. The maximum absolute atomic E-state index is 6.56. The van der Waals surface area contributed by atoms with E-state index in [-0.39, 0.29) is 0 Å². The van der Waals surface area contributed by atoms with E-state index < -0.39 is 0 Å². The zero-order valence-corrected chi connectivity index (χ0v) is 21.2. The topological polar surface area (TPSA) is 62.1 Å². The molecule has 40 heavy (non-hydrogen) atoms. The third kappa shape index (κ3) is 3.01. The number of nitrogens with zero attached hydrogens (tertiary/aromatic N) is 4. The molecule has 0 fully saturated rings. The lowest BCUT2D eigenvalue weighted by Crippen LogP contribution is -2.05. The highest BCUT2D eigenvalue weighted by molar-refractivity contribution is 6.14. The van der Waals surface area contributed by atoms with Crippen LogP contribution in [0.5, 0.6) is 17.2 Å². The van der Waals surface area contributed by atoms with E-state index in [1.54, 1.807) is 0 Å². The van der Waals surface area contributed by atoms with E-state index in [2.05, 4.69) is 28.8 Å². The fourth-order valence-corrected chi connectivity index (χ4v) is 5.91. The van der Waals surface area contributed by atoms with Crippen molar-refractivity contribution in [3.05, 3.63) is 115 Å². The lowest BCUT2D eigenvalue weighted by Gasteiger charge is -2.22. The quantitative estimate of drug-likeness (QED) is 0.238. The zero-order valence-electron chi connectivity index (χ0n) is 21.2. The van der Waals surface area contributed by atoms with Crippen LogP contribution in [0.2, 0.25) is 0 Å². The van der Waals surface area contributed by atoms with Gasteiger partial charge in [-0.05, 0) is 24.3 Å². The summed E-state index contributed by atoms with van der Waals surface area (Å²) in [7, 11) is 0. The second-order valence-electron chi connectivity index (χ2n) is 10.1. The molecule has 0 saturated carbocycles. The largest absolute Gasteiger partial charge is 0.486 e. The van der Waals surface area contributed by atoms with E-state index >= 15 is 0 Å². The number of fused-ring (bicyclic) bond motifs is 1. The van der Waals surface area contributed by atoms with Crippen molar-refractivity contribution in [2.75, 3.05) is 0 Å². The summed E-state index contributed by atoms with van der Waals surface area (Å²) in [6.45, 7) is 0.501. The number of aromatic nitrogens is 4. The van der Waals surface area contributed by atoms with Crippen molar-refractivity contribution in [1.29, 1.82) is 0 Å². The molecule has 2 aliphatic rings. The Kier molecular flexibility index (Phi) is 4.29. The summed E-state index contributed by atoms with van der Waals surface area (Å²) in [5.41, 5.74) is 7.01. The molecule has 0 spiro atoms. The average Bonchev–Trinajstić information content (AvgIpc) is 3.26. The standard InChI is InChI=1S/C34H20N4O2/c1-3-9-20(10-4-1)32-35-33(21-11-5-2-6-12-21)37-34(36-32)23-17-25-24-14-7-13-22-19-39-26-15-8-16-27-31(26)38(29(22)24)30(25)28(18-23)40-27/h1-18H,19H2. The van der Waals surface area contributed by atoms with Gasteiger partial charge in [0.1, 0.15) is 18.0 Å². The summed E-state index contributed by atoms with van der Waals surface area (Å²) in [4.78, 5) is 14.8. The molecule has 4 heterocycles. The van der Waals surface area contributed by atoms with Gasteiger partial charge < -0.3 is 9.47 Å². The van der Waals surface area contributed by atoms with Crippen molar-refractivity contribution in [3.8, 4) is 57.1 Å². The van der Waals surface area contributed by atoms with E-state index in [0.29, 0.717) is 24.1 Å². The van der Waals surface area contributed by atoms with Crippen LogP contribution in [0, 0.1) is 0 Å². The molecule has 5 aromatic carbocycles. The molecule has 0 unspecified atom stereocenters. The number of hydrogen-bond donors (Lipinski definition) is 0. The van der Waals surface area contributed by atoms with Crippen molar-refractivity contribution < 1.29 is 9.47 Å². The SMILES string of the molecule is c1ccc(-c2nc(-c3ccccc3)nc(-c3cc4c5c(c3)c3cccc6c3n5-c3c(cccc3O4)OC6)n2)cc1. The van der Waals surface area contributed by atoms with Gasteiger partial charge in [-0.1, -0.05) is 84.9 Å². The van der Waals surface area contributed by atoms with E-state index in [0.717, 1.165) is 67.0 Å². The molecular weight excluding hydrogens is 496 g/mol. The van der Waals surface area contributed by atoms with Gasteiger partial charge in [-0.2, -0.15) is 0 Å². The smallest absolute Gasteiger partial charge is 0.164 e. The molecule has 0 radical (unpaired) electrons. The minimum Gasteiger partial charge on any atom is -0.486 e. The van der Waals surface area contributed by atoms with Crippen LogP contribution in [0.4, 0.5) is 0 Å². The Morgan fingerprint density at radius 1 is 0.525 bits per heavy atom. The van der Waals surface area contributed by atoms with Crippen LogP contribution in [0.15, 0.2) is 109 Å². The molecule has 0 saturated heterocycles. The van der Waals surface area contributed by atoms with E-state index in [9.17, 15) is 0 Å². The molecule has 0 N–H and O–H groups in total. The highest BCUT2D eigenvalue weighted by Crippen LogP contribution is 2.51. The summed E-state index contributed by atoms with van der Waals surface area (Å²) >= 11 is 0. The Bertz CT molecular complexity index is 2080. The van der Waals surface area contributed by atoms with Crippen molar-refractivity contribution >= 4 is 21.8 Å². The Balaban J connectivity index is 1.35. The van der Waals surface area contributed by atoms with Crippen molar-refractivity contribution in [2.24, 2.45) is 0 Å². The van der Waals surface area contributed by atoms with Crippen molar-refractivity contribution in [1.82, 2.24) is 19.5 Å². The Labute approximate surface area is 229 Å². The highest BCUT2D eigenvalue weighted by Gasteiger charge is 2.30. The predicted molar refractivity (Wildman–Crippen MR) is 155 cm³/mol. The number of rotatable bonds is 3. The third-order valence-electron chi connectivity index (χ3n) is 7.68. The fraction of sp³-hybridized carbons (Fsp3) is 0.0294. The summed E-state index contributed by atoms with van der Waals surface area (Å²) in [5.74, 6) is 4.21. The zero-order chi connectivity index (χ0) is 26.2. The molecule has 0 aliphatic carbocycles. The van der Waals surface area contributed by atoms with Gasteiger partial charge >= 0.3 is 0 Å². The van der Waals surface area contributed by atoms with Gasteiger partial charge in [0.25, 0.3) is 0 Å². The average molecular weight is 517 g/mol. The van der Waals surface area contributed by atoms with Gasteiger partial charge in [-0.25, -0.2) is 15.0 Å². The second kappa shape index (κ2) is 8.01. The van der Waals surface area contributed by atoms with Crippen LogP contribution >= 0.6 is 0 Å². The van der Waals surface area contributed by atoms with Crippen molar-refractivity contribution in [2.45, 2.75) is 6.61 Å². The van der Waals surface area contributed by atoms with Crippen LogP contribution in [0.1, 0.15) is 5.56 Å². The summed E-state index contributed by atoms with van der Waals surface area (Å²) in [5, 5.41) is 2.24. The molecule has 7 aromatic rings. The molecule has 0 amide bonds. The number of para-hydroxylation sites is 2. The molecular formula is C34H20N4O2. The lowest BCUT2D eigenvalue weighted by atomic mass is 10.1. The van der Waals surface area contributed by atoms with Crippen molar-refractivity contribution in [3.63, 3.8) is 0 Å². The molecule has 6 nitrogen and oxygen atoms in total. The Hall–Kier alpha value is -5.49. The fourth-order valence-electron chi connectivity index (χ4n) is 5.91. The minimum absolute atomic E-state index is 0.501. The lowest BCUT2D eigenvalue weighted by molar-refractivity contribution is 0.308. The first kappa shape index (κ1) is 21.4. The molecule has 2 aromatic heterocycles. The highest BCUT2D eigenvalue weighted by atomic mass is 16.5. The third-order valence-corrected chi connectivity index (χ3v) is 7.68. The Morgan fingerprint density at radius 3 is 1.90 bits per heavy atom. The summed E-state index contributed by atoms with van der Waals surface area (Å²) in [6.07, 6.45) is 0. The molecule has 0 bridgehead atoms.